The van der Waals surface area contributed by atoms with Gasteiger partial charge in [0, 0.05) is 19.1 Å². The van der Waals surface area contributed by atoms with Crippen LogP contribution in [0.1, 0.15) is 18.1 Å². The number of rotatable bonds is 5. The Morgan fingerprint density at radius 1 is 1.27 bits per heavy atom. The Kier molecular flexibility index (Phi) is 4.79. The van der Waals surface area contributed by atoms with Gasteiger partial charge in [0.1, 0.15) is 0 Å². The predicted molar refractivity (Wildman–Crippen MR) is 66.0 cm³/mol. The van der Waals surface area contributed by atoms with Crippen LogP contribution in [0.2, 0.25) is 0 Å². The second-order valence-electron chi connectivity index (χ2n) is 4.47. The van der Waals surface area contributed by atoms with Crippen molar-refractivity contribution in [3.8, 4) is 0 Å². The summed E-state index contributed by atoms with van der Waals surface area (Å²) < 4.78 is 0. The van der Waals surface area contributed by atoms with Crippen LogP contribution in [0.4, 0.5) is 0 Å². The molecule has 0 aliphatic carbocycles. The summed E-state index contributed by atoms with van der Waals surface area (Å²) in [5, 5.41) is 3.53. The molecule has 1 N–H and O–H groups in total. The van der Waals surface area contributed by atoms with Gasteiger partial charge in [0.05, 0.1) is 0 Å². The SMILES string of the molecule is Cc1ccccc1CNC(C)CN(C)C. The van der Waals surface area contributed by atoms with E-state index in [1.807, 2.05) is 0 Å². The van der Waals surface area contributed by atoms with Gasteiger partial charge in [-0.1, -0.05) is 24.3 Å². The Morgan fingerprint density at radius 3 is 2.53 bits per heavy atom. The quantitative estimate of drug-likeness (QED) is 0.793. The number of aryl methyl sites for hydroxylation is 1. The third-order valence-electron chi connectivity index (χ3n) is 2.54. The topological polar surface area (TPSA) is 15.3 Å². The Labute approximate surface area is 93.3 Å². The summed E-state index contributed by atoms with van der Waals surface area (Å²) in [7, 11) is 4.21. The van der Waals surface area contributed by atoms with Crippen LogP contribution in [0.15, 0.2) is 24.3 Å². The first kappa shape index (κ1) is 12.2. The standard InChI is InChI=1S/C13H22N2/c1-11-7-5-6-8-13(11)9-14-12(2)10-15(3)4/h5-8,12,14H,9-10H2,1-4H3. The summed E-state index contributed by atoms with van der Waals surface area (Å²) in [6.07, 6.45) is 0. The Balaban J connectivity index is 2.40. The summed E-state index contributed by atoms with van der Waals surface area (Å²) in [5.41, 5.74) is 2.75. The highest BCUT2D eigenvalue weighted by Gasteiger charge is 2.03. The minimum absolute atomic E-state index is 0.527. The first-order valence-corrected chi connectivity index (χ1v) is 5.52. The third-order valence-corrected chi connectivity index (χ3v) is 2.54. The molecule has 0 aliphatic heterocycles. The van der Waals surface area contributed by atoms with Crippen LogP contribution >= 0.6 is 0 Å². The van der Waals surface area contributed by atoms with Crippen LogP contribution in [0, 0.1) is 6.92 Å². The number of hydrogen-bond acceptors (Lipinski definition) is 2. The number of nitrogens with zero attached hydrogens (tertiary/aromatic N) is 1. The molecule has 1 rings (SSSR count). The first-order chi connectivity index (χ1) is 7.09. The van der Waals surface area contributed by atoms with Gasteiger partial charge in [-0.2, -0.15) is 0 Å². The van der Waals surface area contributed by atoms with Crippen molar-refractivity contribution in [1.82, 2.24) is 10.2 Å². The zero-order valence-corrected chi connectivity index (χ0v) is 10.2. The van der Waals surface area contributed by atoms with Gasteiger partial charge in [-0.15, -0.1) is 0 Å². The molecule has 1 aromatic carbocycles. The van der Waals surface area contributed by atoms with Gasteiger partial charge in [0.2, 0.25) is 0 Å². The van der Waals surface area contributed by atoms with E-state index in [9.17, 15) is 0 Å². The summed E-state index contributed by atoms with van der Waals surface area (Å²) in [6, 6.07) is 9.06. The number of nitrogens with one attached hydrogen (secondary N) is 1. The molecular weight excluding hydrogens is 184 g/mol. The van der Waals surface area contributed by atoms with Crippen molar-refractivity contribution < 1.29 is 0 Å². The molecule has 0 aromatic heterocycles. The maximum absolute atomic E-state index is 3.53. The molecule has 0 bridgehead atoms. The van der Waals surface area contributed by atoms with E-state index >= 15 is 0 Å². The van der Waals surface area contributed by atoms with Crippen LogP contribution in [0.5, 0.6) is 0 Å². The fourth-order valence-electron chi connectivity index (χ4n) is 1.70. The maximum atomic E-state index is 3.53. The second kappa shape index (κ2) is 5.89. The highest BCUT2D eigenvalue weighted by atomic mass is 15.1. The lowest BCUT2D eigenvalue weighted by molar-refractivity contribution is 0.349. The molecule has 0 aliphatic rings. The molecule has 1 unspecified atom stereocenters. The molecule has 0 saturated heterocycles. The Bertz CT molecular complexity index is 294. The molecule has 2 heteroatoms. The minimum atomic E-state index is 0.527. The molecule has 0 saturated carbocycles. The highest BCUT2D eigenvalue weighted by Crippen LogP contribution is 2.06. The van der Waals surface area contributed by atoms with Crippen molar-refractivity contribution in [1.29, 1.82) is 0 Å². The van der Waals surface area contributed by atoms with Crippen LogP contribution < -0.4 is 5.32 Å². The summed E-state index contributed by atoms with van der Waals surface area (Å²) in [6.45, 7) is 6.42. The first-order valence-electron chi connectivity index (χ1n) is 5.52. The molecule has 0 heterocycles. The zero-order valence-electron chi connectivity index (χ0n) is 10.2. The van der Waals surface area contributed by atoms with E-state index in [1.165, 1.54) is 11.1 Å². The molecule has 1 aromatic rings. The lowest BCUT2D eigenvalue weighted by Crippen LogP contribution is -2.35. The maximum Gasteiger partial charge on any atom is 0.0211 e. The van der Waals surface area contributed by atoms with E-state index in [1.54, 1.807) is 0 Å². The predicted octanol–water partition coefficient (Wildman–Crippen LogP) is 2.03. The normalized spacial score (nSPS) is 13.1. The molecule has 84 valence electrons. The van der Waals surface area contributed by atoms with Crippen molar-refractivity contribution in [2.24, 2.45) is 0 Å². The van der Waals surface area contributed by atoms with Gasteiger partial charge in [-0.3, -0.25) is 0 Å². The largest absolute Gasteiger partial charge is 0.309 e. The van der Waals surface area contributed by atoms with Gasteiger partial charge < -0.3 is 10.2 Å². The van der Waals surface area contributed by atoms with E-state index in [-0.39, 0.29) is 0 Å². The van der Waals surface area contributed by atoms with Gasteiger partial charge >= 0.3 is 0 Å². The second-order valence-corrected chi connectivity index (χ2v) is 4.47. The number of benzene rings is 1. The molecule has 0 spiro atoms. The fourth-order valence-corrected chi connectivity index (χ4v) is 1.70. The van der Waals surface area contributed by atoms with Crippen molar-refractivity contribution in [2.75, 3.05) is 20.6 Å². The molecule has 15 heavy (non-hydrogen) atoms. The van der Waals surface area contributed by atoms with Gasteiger partial charge in [0.15, 0.2) is 0 Å². The van der Waals surface area contributed by atoms with E-state index in [2.05, 4.69) is 62.4 Å². The molecule has 0 fully saturated rings. The molecule has 0 amide bonds. The highest BCUT2D eigenvalue weighted by molar-refractivity contribution is 5.25. The number of hydrogen-bond donors (Lipinski definition) is 1. The molecule has 1 atom stereocenters. The van der Waals surface area contributed by atoms with E-state index in [0.717, 1.165) is 13.1 Å². The molecular formula is C13H22N2. The van der Waals surface area contributed by atoms with E-state index in [0.29, 0.717) is 6.04 Å². The lowest BCUT2D eigenvalue weighted by atomic mass is 10.1. The minimum Gasteiger partial charge on any atom is -0.309 e. The summed E-state index contributed by atoms with van der Waals surface area (Å²) in [4.78, 5) is 2.20. The third kappa shape index (κ3) is 4.45. The van der Waals surface area contributed by atoms with E-state index in [4.69, 9.17) is 0 Å². The van der Waals surface area contributed by atoms with E-state index < -0.39 is 0 Å². The van der Waals surface area contributed by atoms with Crippen molar-refractivity contribution in [3.05, 3.63) is 35.4 Å². The molecule has 2 nitrogen and oxygen atoms in total. The Hall–Kier alpha value is -0.860. The van der Waals surface area contributed by atoms with Crippen LogP contribution in [0.3, 0.4) is 0 Å². The van der Waals surface area contributed by atoms with Crippen LogP contribution in [0.25, 0.3) is 0 Å². The summed E-state index contributed by atoms with van der Waals surface area (Å²) in [5.74, 6) is 0. The smallest absolute Gasteiger partial charge is 0.0211 e. The van der Waals surface area contributed by atoms with Crippen LogP contribution in [-0.4, -0.2) is 31.6 Å². The van der Waals surface area contributed by atoms with Gasteiger partial charge in [0.25, 0.3) is 0 Å². The average molecular weight is 206 g/mol. The van der Waals surface area contributed by atoms with Gasteiger partial charge in [-0.25, -0.2) is 0 Å². The molecule has 0 radical (unpaired) electrons. The monoisotopic (exact) mass is 206 g/mol. The fraction of sp³-hybridized carbons (Fsp3) is 0.538. The van der Waals surface area contributed by atoms with Crippen molar-refractivity contribution in [3.63, 3.8) is 0 Å². The van der Waals surface area contributed by atoms with Gasteiger partial charge in [-0.05, 0) is 39.1 Å². The van der Waals surface area contributed by atoms with Crippen molar-refractivity contribution >= 4 is 0 Å². The number of likely N-dealkylation sites (N-methyl/N-ethyl adjacent to an activating group) is 1. The van der Waals surface area contributed by atoms with Crippen LogP contribution in [-0.2, 0) is 6.54 Å². The zero-order chi connectivity index (χ0) is 11.3. The summed E-state index contributed by atoms with van der Waals surface area (Å²) >= 11 is 0. The van der Waals surface area contributed by atoms with Crippen molar-refractivity contribution in [2.45, 2.75) is 26.4 Å². The Morgan fingerprint density at radius 2 is 1.93 bits per heavy atom. The average Bonchev–Trinajstić information content (AvgIpc) is 2.15. The lowest BCUT2D eigenvalue weighted by Gasteiger charge is -2.18.